The Morgan fingerprint density at radius 2 is 2.10 bits per heavy atom. The standard InChI is InChI=1S/C17H27N3S/c1-2-9-18-17(12-20-10-7-13(17)8-11-20)16-19-14-5-3-4-6-15(14)21-16/h13,18H,2-12H2,1H3. The summed E-state index contributed by atoms with van der Waals surface area (Å²) in [5.41, 5.74) is 1.59. The number of piperidine rings is 3. The van der Waals surface area contributed by atoms with Crippen LogP contribution in [0.3, 0.4) is 0 Å². The molecule has 0 saturated carbocycles. The molecule has 2 bridgehead atoms. The molecule has 3 aliphatic heterocycles. The fourth-order valence-electron chi connectivity index (χ4n) is 4.47. The molecule has 4 heterocycles. The number of nitrogens with zero attached hydrogens (tertiary/aromatic N) is 2. The van der Waals surface area contributed by atoms with Crippen LogP contribution in [0.25, 0.3) is 0 Å². The van der Waals surface area contributed by atoms with E-state index in [1.807, 2.05) is 11.3 Å². The van der Waals surface area contributed by atoms with Crippen LogP contribution in [0.2, 0.25) is 0 Å². The van der Waals surface area contributed by atoms with Crippen LogP contribution < -0.4 is 5.32 Å². The number of fused-ring (bicyclic) bond motifs is 4. The summed E-state index contributed by atoms with van der Waals surface area (Å²) in [7, 11) is 0. The molecule has 0 aromatic carbocycles. The van der Waals surface area contributed by atoms with Gasteiger partial charge in [0.05, 0.1) is 11.2 Å². The number of aryl methyl sites for hydroxylation is 2. The molecule has 1 aromatic heterocycles. The molecule has 1 N–H and O–H groups in total. The topological polar surface area (TPSA) is 28.2 Å². The molecule has 3 fully saturated rings. The lowest BCUT2D eigenvalue weighted by molar-refractivity contribution is 0.00313. The molecule has 1 atom stereocenters. The van der Waals surface area contributed by atoms with Gasteiger partial charge in [0.1, 0.15) is 5.01 Å². The first-order valence-corrected chi connectivity index (χ1v) is 9.60. The molecule has 3 saturated heterocycles. The number of hydrogen-bond donors (Lipinski definition) is 1. The van der Waals surface area contributed by atoms with Gasteiger partial charge in [-0.05, 0) is 70.5 Å². The SMILES string of the molecule is CCCNC1(c2nc3c(s2)CCCC3)CN2CCC1CC2. The number of thiazole rings is 1. The van der Waals surface area contributed by atoms with E-state index in [2.05, 4.69) is 17.1 Å². The van der Waals surface area contributed by atoms with Crippen LogP contribution in [0.15, 0.2) is 0 Å². The van der Waals surface area contributed by atoms with Crippen LogP contribution in [0, 0.1) is 5.92 Å². The molecule has 1 aliphatic carbocycles. The molecule has 5 rings (SSSR count). The molecule has 21 heavy (non-hydrogen) atoms. The van der Waals surface area contributed by atoms with Gasteiger partial charge in [-0.25, -0.2) is 4.98 Å². The molecule has 0 radical (unpaired) electrons. The smallest absolute Gasteiger partial charge is 0.115 e. The van der Waals surface area contributed by atoms with Crippen LogP contribution >= 0.6 is 11.3 Å². The van der Waals surface area contributed by atoms with E-state index in [1.54, 1.807) is 4.88 Å². The van der Waals surface area contributed by atoms with Gasteiger partial charge in [-0.15, -0.1) is 11.3 Å². The van der Waals surface area contributed by atoms with Gasteiger partial charge in [0.15, 0.2) is 0 Å². The predicted octanol–water partition coefficient (Wildman–Crippen LogP) is 2.94. The highest BCUT2D eigenvalue weighted by molar-refractivity contribution is 7.11. The zero-order chi connectivity index (χ0) is 14.3. The van der Waals surface area contributed by atoms with Gasteiger partial charge in [-0.1, -0.05) is 6.92 Å². The average Bonchev–Trinajstić information content (AvgIpc) is 2.98. The highest BCUT2D eigenvalue weighted by atomic mass is 32.1. The first-order valence-electron chi connectivity index (χ1n) is 8.78. The largest absolute Gasteiger partial charge is 0.304 e. The zero-order valence-corrected chi connectivity index (χ0v) is 14.0. The average molecular weight is 305 g/mol. The van der Waals surface area contributed by atoms with Gasteiger partial charge >= 0.3 is 0 Å². The molecule has 1 aromatic rings. The van der Waals surface area contributed by atoms with E-state index in [4.69, 9.17) is 4.98 Å². The van der Waals surface area contributed by atoms with Crippen molar-refractivity contribution in [3.63, 3.8) is 0 Å². The summed E-state index contributed by atoms with van der Waals surface area (Å²) in [4.78, 5) is 9.39. The van der Waals surface area contributed by atoms with Gasteiger partial charge in [-0.2, -0.15) is 0 Å². The van der Waals surface area contributed by atoms with E-state index in [0.717, 1.165) is 12.5 Å². The Bertz CT molecular complexity index is 481. The van der Waals surface area contributed by atoms with Gasteiger partial charge in [0, 0.05) is 11.4 Å². The lowest BCUT2D eigenvalue weighted by Crippen LogP contribution is -2.63. The fraction of sp³-hybridized carbons (Fsp3) is 0.824. The highest BCUT2D eigenvalue weighted by Gasteiger charge is 2.49. The van der Waals surface area contributed by atoms with E-state index >= 15 is 0 Å². The summed E-state index contributed by atoms with van der Waals surface area (Å²) < 4.78 is 0. The summed E-state index contributed by atoms with van der Waals surface area (Å²) in [6.07, 6.45) is 9.08. The van der Waals surface area contributed by atoms with Crippen molar-refractivity contribution in [3.8, 4) is 0 Å². The summed E-state index contributed by atoms with van der Waals surface area (Å²) in [5.74, 6) is 0.793. The quantitative estimate of drug-likeness (QED) is 0.927. The number of rotatable bonds is 4. The Kier molecular flexibility index (Phi) is 3.80. The first kappa shape index (κ1) is 14.2. The van der Waals surface area contributed by atoms with Crippen LogP contribution in [0.1, 0.15) is 54.6 Å². The molecular formula is C17H27N3S. The van der Waals surface area contributed by atoms with Crippen LogP contribution in [-0.4, -0.2) is 36.1 Å². The van der Waals surface area contributed by atoms with Crippen molar-refractivity contribution in [1.82, 2.24) is 15.2 Å². The Labute approximate surface area is 132 Å². The summed E-state index contributed by atoms with van der Waals surface area (Å²) in [5, 5.41) is 5.36. The number of hydrogen-bond acceptors (Lipinski definition) is 4. The monoisotopic (exact) mass is 305 g/mol. The Morgan fingerprint density at radius 1 is 1.29 bits per heavy atom. The van der Waals surface area contributed by atoms with E-state index in [0.29, 0.717) is 0 Å². The predicted molar refractivity (Wildman–Crippen MR) is 87.9 cm³/mol. The normalized spacial score (nSPS) is 34.9. The third-order valence-corrected chi connectivity index (χ3v) is 7.01. The van der Waals surface area contributed by atoms with Crippen LogP contribution in [-0.2, 0) is 18.4 Å². The minimum absolute atomic E-state index is 0.161. The fourth-order valence-corrected chi connectivity index (χ4v) is 5.86. The molecular weight excluding hydrogens is 278 g/mol. The van der Waals surface area contributed by atoms with Crippen molar-refractivity contribution in [1.29, 1.82) is 0 Å². The van der Waals surface area contributed by atoms with Crippen molar-refractivity contribution >= 4 is 11.3 Å². The molecule has 4 aliphatic rings. The van der Waals surface area contributed by atoms with E-state index in [1.165, 1.54) is 75.3 Å². The van der Waals surface area contributed by atoms with E-state index < -0.39 is 0 Å². The van der Waals surface area contributed by atoms with Crippen molar-refractivity contribution in [2.24, 2.45) is 5.92 Å². The zero-order valence-electron chi connectivity index (χ0n) is 13.2. The number of aromatic nitrogens is 1. The highest BCUT2D eigenvalue weighted by Crippen LogP contribution is 2.45. The summed E-state index contributed by atoms with van der Waals surface area (Å²) in [6.45, 7) is 7.17. The molecule has 0 amide bonds. The molecule has 116 valence electrons. The minimum atomic E-state index is 0.161. The van der Waals surface area contributed by atoms with Gasteiger partial charge in [0.25, 0.3) is 0 Å². The Morgan fingerprint density at radius 3 is 2.76 bits per heavy atom. The minimum Gasteiger partial charge on any atom is -0.304 e. The maximum absolute atomic E-state index is 5.15. The van der Waals surface area contributed by atoms with Crippen LogP contribution in [0.4, 0.5) is 0 Å². The number of nitrogens with one attached hydrogen (secondary N) is 1. The maximum Gasteiger partial charge on any atom is 0.115 e. The lowest BCUT2D eigenvalue weighted by atomic mass is 9.73. The molecule has 1 unspecified atom stereocenters. The van der Waals surface area contributed by atoms with Crippen molar-refractivity contribution < 1.29 is 0 Å². The maximum atomic E-state index is 5.15. The van der Waals surface area contributed by atoms with Gasteiger partial charge in [-0.3, -0.25) is 0 Å². The van der Waals surface area contributed by atoms with Crippen molar-refractivity contribution in [2.75, 3.05) is 26.2 Å². The Hall–Kier alpha value is -0.450. The summed E-state index contributed by atoms with van der Waals surface area (Å²) >= 11 is 2.03. The van der Waals surface area contributed by atoms with Crippen molar-refractivity contribution in [2.45, 2.75) is 57.4 Å². The van der Waals surface area contributed by atoms with E-state index in [-0.39, 0.29) is 5.54 Å². The van der Waals surface area contributed by atoms with Gasteiger partial charge in [0.2, 0.25) is 0 Å². The molecule has 3 nitrogen and oxygen atoms in total. The first-order chi connectivity index (χ1) is 10.3. The third-order valence-electron chi connectivity index (χ3n) is 5.68. The molecule has 4 heteroatoms. The van der Waals surface area contributed by atoms with Gasteiger partial charge < -0.3 is 10.2 Å². The Balaban J connectivity index is 1.70. The summed E-state index contributed by atoms with van der Waals surface area (Å²) in [6, 6.07) is 0. The third kappa shape index (κ3) is 2.36. The second-order valence-electron chi connectivity index (χ2n) is 7.04. The molecule has 0 spiro atoms. The second kappa shape index (κ2) is 5.64. The van der Waals surface area contributed by atoms with Crippen LogP contribution in [0.5, 0.6) is 0 Å². The van der Waals surface area contributed by atoms with Crippen molar-refractivity contribution in [3.05, 3.63) is 15.6 Å². The van der Waals surface area contributed by atoms with E-state index in [9.17, 15) is 0 Å². The lowest BCUT2D eigenvalue weighted by Gasteiger charge is -2.52. The second-order valence-corrected chi connectivity index (χ2v) is 8.13.